The smallest absolute Gasteiger partial charge is 0.0534 e. The molecule has 114 valence electrons. The van der Waals surface area contributed by atoms with Crippen LogP contribution < -0.4 is 5.32 Å². The molecule has 4 heteroatoms. The van der Waals surface area contributed by atoms with Gasteiger partial charge in [0, 0.05) is 44.0 Å². The van der Waals surface area contributed by atoms with Gasteiger partial charge in [0.1, 0.15) is 0 Å². The highest BCUT2D eigenvalue weighted by Gasteiger charge is 2.17. The Morgan fingerprint density at radius 3 is 2.52 bits per heavy atom. The van der Waals surface area contributed by atoms with Gasteiger partial charge in [-0.2, -0.15) is 5.10 Å². The summed E-state index contributed by atoms with van der Waals surface area (Å²) in [4.78, 5) is 2.38. The molecule has 0 aliphatic rings. The van der Waals surface area contributed by atoms with Gasteiger partial charge in [-0.25, -0.2) is 0 Å². The van der Waals surface area contributed by atoms with Crippen LogP contribution in [-0.4, -0.2) is 34.3 Å². The molecule has 1 aromatic carbocycles. The molecule has 0 spiro atoms. The second kappa shape index (κ2) is 7.38. The standard InChI is InChI=1S/C17H26N4/c1-14(2)18-11-17(16-8-6-5-7-9-16)20(3)12-15-10-19-21(4)13-15/h5-10,13-14,17-18H,11-12H2,1-4H3. The largest absolute Gasteiger partial charge is 0.313 e. The monoisotopic (exact) mass is 286 g/mol. The second-order valence-electron chi connectivity index (χ2n) is 5.93. The molecule has 0 radical (unpaired) electrons. The molecule has 1 unspecified atom stereocenters. The molecule has 0 aliphatic heterocycles. The van der Waals surface area contributed by atoms with Crippen molar-refractivity contribution in [3.8, 4) is 0 Å². The summed E-state index contributed by atoms with van der Waals surface area (Å²) < 4.78 is 1.85. The van der Waals surface area contributed by atoms with Crippen LogP contribution in [0.15, 0.2) is 42.7 Å². The van der Waals surface area contributed by atoms with E-state index in [4.69, 9.17) is 0 Å². The molecule has 0 fully saturated rings. The van der Waals surface area contributed by atoms with Crippen molar-refractivity contribution >= 4 is 0 Å². The van der Waals surface area contributed by atoms with Gasteiger partial charge in [0.25, 0.3) is 0 Å². The Hall–Kier alpha value is -1.65. The van der Waals surface area contributed by atoms with Crippen LogP contribution in [0.2, 0.25) is 0 Å². The molecule has 1 N–H and O–H groups in total. The fraction of sp³-hybridized carbons (Fsp3) is 0.471. The first kappa shape index (κ1) is 15.7. The summed E-state index contributed by atoms with van der Waals surface area (Å²) in [6.07, 6.45) is 4.02. The molecule has 2 rings (SSSR count). The van der Waals surface area contributed by atoms with E-state index in [-0.39, 0.29) is 0 Å². The van der Waals surface area contributed by atoms with E-state index in [9.17, 15) is 0 Å². The lowest BCUT2D eigenvalue weighted by atomic mass is 10.0. The van der Waals surface area contributed by atoms with Crippen LogP contribution in [0.3, 0.4) is 0 Å². The molecule has 1 aromatic heterocycles. The van der Waals surface area contributed by atoms with E-state index < -0.39 is 0 Å². The van der Waals surface area contributed by atoms with Crippen LogP contribution in [-0.2, 0) is 13.6 Å². The van der Waals surface area contributed by atoms with Gasteiger partial charge in [0.2, 0.25) is 0 Å². The van der Waals surface area contributed by atoms with Crippen molar-refractivity contribution in [2.45, 2.75) is 32.5 Å². The minimum atomic E-state index is 0.355. The third kappa shape index (κ3) is 4.69. The normalized spacial score (nSPS) is 13.0. The van der Waals surface area contributed by atoms with Gasteiger partial charge in [-0.1, -0.05) is 44.2 Å². The third-order valence-corrected chi connectivity index (χ3v) is 3.63. The average Bonchev–Trinajstić information content (AvgIpc) is 2.85. The predicted molar refractivity (Wildman–Crippen MR) is 87.0 cm³/mol. The third-order valence-electron chi connectivity index (χ3n) is 3.63. The number of rotatable bonds is 7. The highest BCUT2D eigenvalue weighted by atomic mass is 15.2. The Bertz CT molecular complexity index is 533. The van der Waals surface area contributed by atoms with E-state index in [1.54, 1.807) is 0 Å². The maximum Gasteiger partial charge on any atom is 0.0534 e. The van der Waals surface area contributed by atoms with Crippen molar-refractivity contribution < 1.29 is 0 Å². The van der Waals surface area contributed by atoms with Gasteiger partial charge in [0.05, 0.1) is 6.20 Å². The molecular formula is C17H26N4. The fourth-order valence-corrected chi connectivity index (χ4v) is 2.50. The van der Waals surface area contributed by atoms with Crippen LogP contribution in [0.1, 0.15) is 31.0 Å². The Morgan fingerprint density at radius 2 is 1.95 bits per heavy atom. The average molecular weight is 286 g/mol. The molecule has 0 bridgehead atoms. The van der Waals surface area contributed by atoms with Crippen molar-refractivity contribution in [2.24, 2.45) is 7.05 Å². The Kier molecular flexibility index (Phi) is 5.53. The van der Waals surface area contributed by atoms with Crippen LogP contribution in [0.5, 0.6) is 0 Å². The van der Waals surface area contributed by atoms with E-state index in [0.29, 0.717) is 12.1 Å². The van der Waals surface area contributed by atoms with Crippen molar-refractivity contribution in [1.82, 2.24) is 20.0 Å². The Balaban J connectivity index is 2.10. The van der Waals surface area contributed by atoms with Gasteiger partial charge in [-0.15, -0.1) is 0 Å². The number of aryl methyl sites for hydroxylation is 1. The molecule has 0 aliphatic carbocycles. The topological polar surface area (TPSA) is 33.1 Å². The van der Waals surface area contributed by atoms with Crippen LogP contribution >= 0.6 is 0 Å². The lowest BCUT2D eigenvalue weighted by molar-refractivity contribution is 0.226. The van der Waals surface area contributed by atoms with Crippen molar-refractivity contribution in [1.29, 1.82) is 0 Å². The maximum atomic E-state index is 4.25. The minimum absolute atomic E-state index is 0.355. The summed E-state index contributed by atoms with van der Waals surface area (Å²) >= 11 is 0. The predicted octanol–water partition coefficient (Wildman–Crippen LogP) is 2.59. The van der Waals surface area contributed by atoms with E-state index in [1.807, 2.05) is 17.9 Å². The number of nitrogens with one attached hydrogen (secondary N) is 1. The molecule has 4 nitrogen and oxygen atoms in total. The molecule has 1 heterocycles. The van der Waals surface area contributed by atoms with Crippen molar-refractivity contribution in [3.63, 3.8) is 0 Å². The van der Waals surface area contributed by atoms with E-state index in [2.05, 4.69) is 72.7 Å². The Labute approximate surface area is 127 Å². The summed E-state index contributed by atoms with van der Waals surface area (Å²) in [6.45, 7) is 6.21. The summed E-state index contributed by atoms with van der Waals surface area (Å²) in [7, 11) is 4.13. The van der Waals surface area contributed by atoms with Gasteiger partial charge < -0.3 is 5.32 Å². The quantitative estimate of drug-likeness (QED) is 0.849. The van der Waals surface area contributed by atoms with Crippen molar-refractivity contribution in [3.05, 3.63) is 53.9 Å². The van der Waals surface area contributed by atoms with E-state index in [1.165, 1.54) is 11.1 Å². The van der Waals surface area contributed by atoms with E-state index >= 15 is 0 Å². The molecule has 2 aromatic rings. The number of hydrogen-bond donors (Lipinski definition) is 1. The summed E-state index contributed by atoms with van der Waals surface area (Å²) in [5.74, 6) is 0. The van der Waals surface area contributed by atoms with E-state index in [0.717, 1.165) is 13.1 Å². The summed E-state index contributed by atoms with van der Waals surface area (Å²) in [6, 6.07) is 11.5. The molecule has 21 heavy (non-hydrogen) atoms. The molecule has 0 saturated heterocycles. The first-order valence-electron chi connectivity index (χ1n) is 7.52. The number of aromatic nitrogens is 2. The SMILES string of the molecule is CC(C)NCC(c1ccccc1)N(C)Cc1cnn(C)c1. The minimum Gasteiger partial charge on any atom is -0.313 e. The first-order chi connectivity index (χ1) is 10.1. The maximum absolute atomic E-state index is 4.25. The highest BCUT2D eigenvalue weighted by Crippen LogP contribution is 2.20. The van der Waals surface area contributed by atoms with Crippen LogP contribution in [0.4, 0.5) is 0 Å². The Morgan fingerprint density at radius 1 is 1.24 bits per heavy atom. The summed E-state index contributed by atoms with van der Waals surface area (Å²) in [5.41, 5.74) is 2.59. The lowest BCUT2D eigenvalue weighted by Crippen LogP contribution is -2.35. The molecule has 0 amide bonds. The first-order valence-corrected chi connectivity index (χ1v) is 7.52. The highest BCUT2D eigenvalue weighted by molar-refractivity contribution is 5.20. The zero-order chi connectivity index (χ0) is 15.2. The lowest BCUT2D eigenvalue weighted by Gasteiger charge is -2.29. The number of benzene rings is 1. The zero-order valence-corrected chi connectivity index (χ0v) is 13.5. The second-order valence-corrected chi connectivity index (χ2v) is 5.93. The van der Waals surface area contributed by atoms with Gasteiger partial charge in [-0.3, -0.25) is 9.58 Å². The number of likely N-dealkylation sites (N-methyl/N-ethyl adjacent to an activating group) is 1. The molecule has 1 atom stereocenters. The van der Waals surface area contributed by atoms with Crippen LogP contribution in [0, 0.1) is 0 Å². The van der Waals surface area contributed by atoms with Gasteiger partial charge in [-0.05, 0) is 12.6 Å². The number of nitrogens with zero attached hydrogens (tertiary/aromatic N) is 3. The fourth-order valence-electron chi connectivity index (χ4n) is 2.50. The van der Waals surface area contributed by atoms with Gasteiger partial charge >= 0.3 is 0 Å². The van der Waals surface area contributed by atoms with Crippen LogP contribution in [0.25, 0.3) is 0 Å². The zero-order valence-electron chi connectivity index (χ0n) is 13.5. The molecule has 0 saturated carbocycles. The van der Waals surface area contributed by atoms with Gasteiger partial charge in [0.15, 0.2) is 0 Å². The summed E-state index contributed by atoms with van der Waals surface area (Å²) in [5, 5.41) is 7.80. The van der Waals surface area contributed by atoms with Crippen molar-refractivity contribution in [2.75, 3.05) is 13.6 Å². The number of hydrogen-bond acceptors (Lipinski definition) is 3. The molecular weight excluding hydrogens is 260 g/mol.